The Labute approximate surface area is 136 Å². The van der Waals surface area contributed by atoms with E-state index in [-0.39, 0.29) is 5.91 Å². The van der Waals surface area contributed by atoms with Crippen LogP contribution in [-0.4, -0.2) is 25.3 Å². The topological polar surface area (TPSA) is 55.1 Å². The number of nitrogens with two attached hydrogens (primary N) is 1. The minimum Gasteiger partial charge on any atom is -0.354 e. The second-order valence-corrected chi connectivity index (χ2v) is 6.18. The molecule has 116 valence electrons. The van der Waals surface area contributed by atoms with Crippen LogP contribution in [-0.2, 0) is 9.54 Å². The van der Waals surface area contributed by atoms with Gasteiger partial charge >= 0.3 is 0 Å². The number of benzene rings is 2. The minimum absolute atomic E-state index is 0.0948. The maximum Gasteiger partial charge on any atom is 0.245 e. The van der Waals surface area contributed by atoms with E-state index in [1.807, 2.05) is 60.7 Å². The summed E-state index contributed by atoms with van der Waals surface area (Å²) in [6.45, 7) is 0.757. The Morgan fingerprint density at radius 1 is 0.955 bits per heavy atom. The maximum absolute atomic E-state index is 12.8. The Kier molecular flexibility index (Phi) is 6.04. The molecule has 1 fully saturated rings. The summed E-state index contributed by atoms with van der Waals surface area (Å²) in [6, 6.07) is 20.2. The largest absolute Gasteiger partial charge is 0.354 e. The highest BCUT2D eigenvalue weighted by Crippen LogP contribution is 2.44. The van der Waals surface area contributed by atoms with E-state index < -0.39 is 4.75 Å². The first-order chi connectivity index (χ1) is 10.8. The molecule has 22 heavy (non-hydrogen) atoms. The van der Waals surface area contributed by atoms with Gasteiger partial charge in [0, 0.05) is 6.54 Å². The van der Waals surface area contributed by atoms with Gasteiger partial charge in [0.25, 0.3) is 0 Å². The van der Waals surface area contributed by atoms with Crippen LogP contribution in [0.2, 0.25) is 0 Å². The lowest BCUT2D eigenvalue weighted by Crippen LogP contribution is -2.41. The van der Waals surface area contributed by atoms with Crippen molar-refractivity contribution in [3.05, 3.63) is 71.8 Å². The van der Waals surface area contributed by atoms with Gasteiger partial charge in [0.05, 0.1) is 0 Å². The van der Waals surface area contributed by atoms with Crippen molar-refractivity contribution in [2.45, 2.75) is 11.2 Å². The van der Waals surface area contributed by atoms with E-state index >= 15 is 0 Å². The van der Waals surface area contributed by atoms with Gasteiger partial charge in [0.2, 0.25) is 5.91 Å². The Balaban J connectivity index is 0.000000847. The molecule has 1 aliphatic rings. The standard InChI is InChI=1S/C17H17NOS.CH5N/c19-16-17(20-13-7-12-18-16,14-8-3-1-4-9-14)15-10-5-2-6-11-15;1-2/h1-6,8-11H,7,12-13H2,(H,18,19);2H2,1H3. The lowest BCUT2D eigenvalue weighted by atomic mass is 9.89. The third kappa shape index (κ3) is 3.18. The summed E-state index contributed by atoms with van der Waals surface area (Å²) in [7, 11) is 1.50. The summed E-state index contributed by atoms with van der Waals surface area (Å²) in [5.41, 5.74) is 6.60. The van der Waals surface area contributed by atoms with Crippen molar-refractivity contribution in [2.75, 3.05) is 19.3 Å². The van der Waals surface area contributed by atoms with E-state index in [1.54, 1.807) is 11.8 Å². The molecule has 1 saturated heterocycles. The second-order valence-electron chi connectivity index (χ2n) is 4.87. The normalized spacial score (nSPS) is 16.7. The summed E-state index contributed by atoms with van der Waals surface area (Å²) in [5, 5.41) is 3.07. The number of rotatable bonds is 2. The van der Waals surface area contributed by atoms with E-state index in [9.17, 15) is 4.79 Å². The molecule has 2 aromatic rings. The van der Waals surface area contributed by atoms with Crippen molar-refractivity contribution in [2.24, 2.45) is 5.73 Å². The van der Waals surface area contributed by atoms with Gasteiger partial charge in [-0.25, -0.2) is 0 Å². The van der Waals surface area contributed by atoms with E-state index in [2.05, 4.69) is 11.1 Å². The average Bonchev–Trinajstić information content (AvgIpc) is 2.81. The summed E-state index contributed by atoms with van der Waals surface area (Å²) in [6.07, 6.45) is 1.01. The third-order valence-corrected chi connectivity index (χ3v) is 5.19. The fourth-order valence-corrected chi connectivity index (χ4v) is 4.03. The highest BCUT2D eigenvalue weighted by atomic mass is 32.2. The number of nitrogens with one attached hydrogen (secondary N) is 1. The minimum atomic E-state index is -0.626. The molecule has 3 nitrogen and oxygen atoms in total. The number of carbonyl (C=O) groups excluding carboxylic acids is 1. The first-order valence-corrected chi connectivity index (χ1v) is 8.43. The third-order valence-electron chi connectivity index (χ3n) is 3.61. The van der Waals surface area contributed by atoms with Gasteiger partial charge < -0.3 is 11.1 Å². The van der Waals surface area contributed by atoms with Crippen molar-refractivity contribution < 1.29 is 4.79 Å². The zero-order chi connectivity index (χ0) is 15.8. The predicted octanol–water partition coefficient (Wildman–Crippen LogP) is 2.76. The van der Waals surface area contributed by atoms with E-state index in [0.29, 0.717) is 0 Å². The molecular formula is C18H22N2OS. The maximum atomic E-state index is 12.8. The molecule has 0 spiro atoms. The molecule has 0 unspecified atom stereocenters. The summed E-state index contributed by atoms with van der Waals surface area (Å²) >= 11 is 1.73. The first kappa shape index (κ1) is 16.6. The molecule has 4 heteroatoms. The van der Waals surface area contributed by atoms with Crippen LogP contribution in [0, 0.1) is 0 Å². The van der Waals surface area contributed by atoms with Crippen LogP contribution in [0.15, 0.2) is 60.7 Å². The van der Waals surface area contributed by atoms with Crippen molar-refractivity contribution in [3.63, 3.8) is 0 Å². The van der Waals surface area contributed by atoms with Crippen molar-refractivity contribution >= 4 is 17.7 Å². The molecule has 1 heterocycles. The zero-order valence-electron chi connectivity index (χ0n) is 12.8. The van der Waals surface area contributed by atoms with Crippen LogP contribution in [0.4, 0.5) is 0 Å². The SMILES string of the molecule is CN.O=C1NCCCSC1(c1ccccc1)c1ccccc1. The Morgan fingerprint density at radius 3 is 1.95 bits per heavy atom. The lowest BCUT2D eigenvalue weighted by molar-refractivity contribution is -0.122. The monoisotopic (exact) mass is 314 g/mol. The summed E-state index contributed by atoms with van der Waals surface area (Å²) < 4.78 is -0.626. The van der Waals surface area contributed by atoms with Gasteiger partial charge in [-0.15, -0.1) is 11.8 Å². The molecule has 0 aromatic heterocycles. The fraction of sp³-hybridized carbons (Fsp3) is 0.278. The van der Waals surface area contributed by atoms with Crippen LogP contribution in [0.25, 0.3) is 0 Å². The van der Waals surface area contributed by atoms with Crippen LogP contribution in [0.1, 0.15) is 17.5 Å². The second kappa shape index (κ2) is 8.01. The van der Waals surface area contributed by atoms with Crippen molar-refractivity contribution in [1.82, 2.24) is 5.32 Å². The van der Waals surface area contributed by atoms with Gasteiger partial charge in [-0.3, -0.25) is 4.79 Å². The molecule has 0 radical (unpaired) electrons. The molecule has 0 atom stereocenters. The van der Waals surface area contributed by atoms with Crippen LogP contribution in [0.5, 0.6) is 0 Å². The molecule has 0 saturated carbocycles. The van der Waals surface area contributed by atoms with Crippen LogP contribution in [0.3, 0.4) is 0 Å². The van der Waals surface area contributed by atoms with Gasteiger partial charge in [-0.1, -0.05) is 60.7 Å². The molecule has 0 aliphatic carbocycles. The first-order valence-electron chi connectivity index (χ1n) is 7.45. The van der Waals surface area contributed by atoms with E-state index in [4.69, 9.17) is 0 Å². The molecular weight excluding hydrogens is 292 g/mol. The van der Waals surface area contributed by atoms with Crippen molar-refractivity contribution in [1.29, 1.82) is 0 Å². The van der Waals surface area contributed by atoms with Gasteiger partial charge in [0.1, 0.15) is 4.75 Å². The molecule has 3 rings (SSSR count). The number of amides is 1. The van der Waals surface area contributed by atoms with Gasteiger partial charge in [0.15, 0.2) is 0 Å². The highest BCUT2D eigenvalue weighted by Gasteiger charge is 2.43. The molecule has 0 bridgehead atoms. The van der Waals surface area contributed by atoms with E-state index in [1.165, 1.54) is 7.05 Å². The Bertz CT molecular complexity index is 547. The lowest BCUT2D eigenvalue weighted by Gasteiger charge is -2.31. The van der Waals surface area contributed by atoms with Crippen LogP contribution >= 0.6 is 11.8 Å². The zero-order valence-corrected chi connectivity index (χ0v) is 13.6. The quantitative estimate of drug-likeness (QED) is 0.896. The highest BCUT2D eigenvalue weighted by molar-refractivity contribution is 8.01. The molecule has 1 aliphatic heterocycles. The molecule has 2 aromatic carbocycles. The predicted molar refractivity (Wildman–Crippen MR) is 93.9 cm³/mol. The van der Waals surface area contributed by atoms with Gasteiger partial charge in [-0.05, 0) is 30.3 Å². The number of hydrogen-bond donors (Lipinski definition) is 2. The molecule has 3 N–H and O–H groups in total. The smallest absolute Gasteiger partial charge is 0.245 e. The number of hydrogen-bond acceptors (Lipinski definition) is 3. The Morgan fingerprint density at radius 2 is 1.45 bits per heavy atom. The number of thioether (sulfide) groups is 1. The fourth-order valence-electron chi connectivity index (χ4n) is 2.63. The number of carbonyl (C=O) groups is 1. The molecule has 1 amide bonds. The summed E-state index contributed by atoms with van der Waals surface area (Å²) in [5.74, 6) is 1.07. The average molecular weight is 314 g/mol. The Hall–Kier alpha value is -1.78. The van der Waals surface area contributed by atoms with Crippen LogP contribution < -0.4 is 11.1 Å². The van der Waals surface area contributed by atoms with Gasteiger partial charge in [-0.2, -0.15) is 0 Å². The van der Waals surface area contributed by atoms with Crippen molar-refractivity contribution in [3.8, 4) is 0 Å². The summed E-state index contributed by atoms with van der Waals surface area (Å²) in [4.78, 5) is 12.8. The van der Waals surface area contributed by atoms with E-state index in [0.717, 1.165) is 29.8 Å².